The maximum absolute atomic E-state index is 11.1. The molecule has 1 heterocycles. The van der Waals surface area contributed by atoms with E-state index in [1.54, 1.807) is 30.1 Å². The van der Waals surface area contributed by atoms with E-state index in [0.717, 1.165) is 0 Å². The van der Waals surface area contributed by atoms with Gasteiger partial charge in [-0.05, 0) is 0 Å². The minimum Gasteiger partial charge on any atom is -0.334 e. The SMILES string of the molecule is C=CCNC(=O)Nc1ccnn1C. The monoisotopic (exact) mass is 180 g/mol. The molecule has 0 aliphatic rings. The van der Waals surface area contributed by atoms with Crippen LogP contribution in [0.25, 0.3) is 0 Å². The number of carbonyl (C=O) groups is 1. The van der Waals surface area contributed by atoms with Crippen molar-refractivity contribution in [2.24, 2.45) is 7.05 Å². The highest BCUT2D eigenvalue weighted by Crippen LogP contribution is 2.01. The van der Waals surface area contributed by atoms with Crippen molar-refractivity contribution in [1.82, 2.24) is 15.1 Å². The molecule has 13 heavy (non-hydrogen) atoms. The summed E-state index contributed by atoms with van der Waals surface area (Å²) in [6.45, 7) is 3.94. The van der Waals surface area contributed by atoms with Gasteiger partial charge in [0.25, 0.3) is 0 Å². The van der Waals surface area contributed by atoms with Crippen LogP contribution in [0.3, 0.4) is 0 Å². The zero-order chi connectivity index (χ0) is 9.68. The van der Waals surface area contributed by atoms with Crippen LogP contribution in [0.15, 0.2) is 24.9 Å². The van der Waals surface area contributed by atoms with Gasteiger partial charge in [0.05, 0.1) is 6.20 Å². The lowest BCUT2D eigenvalue weighted by Crippen LogP contribution is -2.29. The van der Waals surface area contributed by atoms with E-state index < -0.39 is 0 Å². The molecule has 0 saturated carbocycles. The summed E-state index contributed by atoms with van der Waals surface area (Å²) in [6.07, 6.45) is 3.23. The Hall–Kier alpha value is -1.78. The molecule has 0 radical (unpaired) electrons. The molecule has 0 fully saturated rings. The normalized spacial score (nSPS) is 9.31. The van der Waals surface area contributed by atoms with Gasteiger partial charge in [0.1, 0.15) is 5.82 Å². The fourth-order valence-electron chi connectivity index (χ4n) is 0.822. The van der Waals surface area contributed by atoms with Gasteiger partial charge < -0.3 is 5.32 Å². The first-order valence-electron chi connectivity index (χ1n) is 3.88. The molecule has 0 aromatic carbocycles. The maximum Gasteiger partial charge on any atom is 0.320 e. The predicted molar refractivity (Wildman–Crippen MR) is 50.4 cm³/mol. The quantitative estimate of drug-likeness (QED) is 0.673. The second-order valence-corrected chi connectivity index (χ2v) is 2.46. The largest absolute Gasteiger partial charge is 0.334 e. The van der Waals surface area contributed by atoms with E-state index in [9.17, 15) is 4.79 Å². The summed E-state index contributed by atoms with van der Waals surface area (Å²) in [4.78, 5) is 11.1. The van der Waals surface area contributed by atoms with Gasteiger partial charge in [-0.2, -0.15) is 5.10 Å². The van der Waals surface area contributed by atoms with E-state index >= 15 is 0 Å². The molecule has 1 aromatic rings. The summed E-state index contributed by atoms with van der Waals surface area (Å²) in [7, 11) is 1.75. The number of amides is 2. The van der Waals surface area contributed by atoms with E-state index in [-0.39, 0.29) is 6.03 Å². The van der Waals surface area contributed by atoms with E-state index in [0.29, 0.717) is 12.4 Å². The van der Waals surface area contributed by atoms with Crippen LogP contribution in [0.2, 0.25) is 0 Å². The number of carbonyl (C=O) groups excluding carboxylic acids is 1. The van der Waals surface area contributed by atoms with Crippen molar-refractivity contribution < 1.29 is 4.79 Å². The lowest BCUT2D eigenvalue weighted by Gasteiger charge is -2.04. The van der Waals surface area contributed by atoms with Crippen molar-refractivity contribution in [2.75, 3.05) is 11.9 Å². The van der Waals surface area contributed by atoms with Gasteiger partial charge in [-0.25, -0.2) is 4.79 Å². The molecule has 0 atom stereocenters. The average Bonchev–Trinajstić information content (AvgIpc) is 2.48. The molecule has 1 rings (SSSR count). The van der Waals surface area contributed by atoms with Crippen LogP contribution in [-0.4, -0.2) is 22.4 Å². The van der Waals surface area contributed by atoms with E-state index in [1.165, 1.54) is 0 Å². The van der Waals surface area contributed by atoms with Crippen LogP contribution in [0.5, 0.6) is 0 Å². The minimum absolute atomic E-state index is 0.261. The van der Waals surface area contributed by atoms with Crippen LogP contribution in [0.1, 0.15) is 0 Å². The number of nitrogens with zero attached hydrogens (tertiary/aromatic N) is 2. The van der Waals surface area contributed by atoms with Crippen molar-refractivity contribution in [3.63, 3.8) is 0 Å². The Morgan fingerprint density at radius 3 is 3.15 bits per heavy atom. The Balaban J connectivity index is 2.45. The molecule has 70 valence electrons. The first-order valence-corrected chi connectivity index (χ1v) is 3.88. The second-order valence-electron chi connectivity index (χ2n) is 2.46. The van der Waals surface area contributed by atoms with Gasteiger partial charge in [0.15, 0.2) is 0 Å². The smallest absolute Gasteiger partial charge is 0.320 e. The molecular formula is C8H12N4O. The first kappa shape index (κ1) is 9.31. The van der Waals surface area contributed by atoms with E-state index in [2.05, 4.69) is 22.3 Å². The maximum atomic E-state index is 11.1. The van der Waals surface area contributed by atoms with Gasteiger partial charge in [0.2, 0.25) is 0 Å². The van der Waals surface area contributed by atoms with Gasteiger partial charge in [-0.1, -0.05) is 6.08 Å². The van der Waals surface area contributed by atoms with E-state index in [4.69, 9.17) is 0 Å². The van der Waals surface area contributed by atoms with Gasteiger partial charge in [-0.15, -0.1) is 6.58 Å². The van der Waals surface area contributed by atoms with Crippen LogP contribution in [0, 0.1) is 0 Å². The molecule has 1 aromatic heterocycles. The number of nitrogens with one attached hydrogen (secondary N) is 2. The third-order valence-electron chi connectivity index (χ3n) is 1.47. The van der Waals surface area contributed by atoms with Crippen LogP contribution >= 0.6 is 0 Å². The van der Waals surface area contributed by atoms with Gasteiger partial charge in [-0.3, -0.25) is 10.00 Å². The molecule has 0 bridgehead atoms. The van der Waals surface area contributed by atoms with Crippen LogP contribution in [-0.2, 0) is 7.05 Å². The molecule has 5 nitrogen and oxygen atoms in total. The van der Waals surface area contributed by atoms with E-state index in [1.807, 2.05) is 0 Å². The van der Waals surface area contributed by atoms with Crippen LogP contribution in [0.4, 0.5) is 10.6 Å². The Morgan fingerprint density at radius 1 is 1.85 bits per heavy atom. The molecule has 0 saturated heterocycles. The number of aryl methyl sites for hydroxylation is 1. The molecule has 0 aliphatic carbocycles. The van der Waals surface area contributed by atoms with Crippen LogP contribution < -0.4 is 10.6 Å². The number of urea groups is 1. The summed E-state index contributed by atoms with van der Waals surface area (Å²) in [5, 5.41) is 9.12. The number of rotatable bonds is 3. The topological polar surface area (TPSA) is 59.0 Å². The van der Waals surface area contributed by atoms with Crippen molar-refractivity contribution >= 4 is 11.8 Å². The summed E-state index contributed by atoms with van der Waals surface area (Å²) in [6, 6.07) is 1.46. The van der Waals surface area contributed by atoms with Gasteiger partial charge >= 0.3 is 6.03 Å². The molecular weight excluding hydrogens is 168 g/mol. The number of hydrogen-bond acceptors (Lipinski definition) is 2. The van der Waals surface area contributed by atoms with Crippen molar-refractivity contribution in [3.8, 4) is 0 Å². The van der Waals surface area contributed by atoms with Crippen molar-refractivity contribution in [2.45, 2.75) is 0 Å². The highest BCUT2D eigenvalue weighted by Gasteiger charge is 2.01. The zero-order valence-electron chi connectivity index (χ0n) is 7.45. The molecule has 0 spiro atoms. The number of anilines is 1. The fourth-order valence-corrected chi connectivity index (χ4v) is 0.822. The number of aromatic nitrogens is 2. The minimum atomic E-state index is -0.261. The highest BCUT2D eigenvalue weighted by molar-refractivity contribution is 5.88. The first-order chi connectivity index (χ1) is 6.24. The summed E-state index contributed by atoms with van der Waals surface area (Å²) in [5.41, 5.74) is 0. The summed E-state index contributed by atoms with van der Waals surface area (Å²) in [5.74, 6) is 0.654. The molecule has 2 N–H and O–H groups in total. The second kappa shape index (κ2) is 4.30. The Kier molecular flexibility index (Phi) is 3.08. The Bertz CT molecular complexity index is 305. The lowest BCUT2D eigenvalue weighted by molar-refractivity contribution is 0.253. The van der Waals surface area contributed by atoms with Crippen molar-refractivity contribution in [1.29, 1.82) is 0 Å². The molecule has 5 heteroatoms. The summed E-state index contributed by atoms with van der Waals surface area (Å²) < 4.78 is 1.58. The van der Waals surface area contributed by atoms with Crippen molar-refractivity contribution in [3.05, 3.63) is 24.9 Å². The fraction of sp³-hybridized carbons (Fsp3) is 0.250. The Morgan fingerprint density at radius 2 is 2.62 bits per heavy atom. The predicted octanol–water partition coefficient (Wildman–Crippen LogP) is 0.728. The standard InChI is InChI=1S/C8H12N4O/c1-3-5-9-8(13)11-7-4-6-10-12(7)2/h3-4,6H,1,5H2,2H3,(H2,9,11,13). The highest BCUT2D eigenvalue weighted by atomic mass is 16.2. The summed E-state index contributed by atoms with van der Waals surface area (Å²) >= 11 is 0. The molecule has 0 aliphatic heterocycles. The zero-order valence-corrected chi connectivity index (χ0v) is 7.45. The lowest BCUT2D eigenvalue weighted by atomic mass is 10.6. The average molecular weight is 180 g/mol. The van der Waals surface area contributed by atoms with Gasteiger partial charge in [0, 0.05) is 19.7 Å². The molecule has 0 unspecified atom stereocenters. The third-order valence-corrected chi connectivity index (χ3v) is 1.47. The third kappa shape index (κ3) is 2.62. The molecule has 2 amide bonds. The number of hydrogen-bond donors (Lipinski definition) is 2. The Labute approximate surface area is 76.4 Å².